The minimum absolute atomic E-state index is 0.00521. The van der Waals surface area contributed by atoms with Crippen LogP contribution in [0.5, 0.6) is 0 Å². The summed E-state index contributed by atoms with van der Waals surface area (Å²) in [5.41, 5.74) is 18.7. The highest BCUT2D eigenvalue weighted by Gasteiger charge is 2.46. The number of rotatable bonds is 2. The van der Waals surface area contributed by atoms with Crippen LogP contribution in [-0.2, 0) is 27.1 Å². The molecule has 1 aromatic heterocycles. The molecule has 6 aromatic rings. The largest absolute Gasteiger partial charge is 0.311 e. The molecular formula is C53H63BN2S. The van der Waals surface area contributed by atoms with Crippen molar-refractivity contribution in [2.45, 2.75) is 138 Å². The van der Waals surface area contributed by atoms with Gasteiger partial charge in [-0.25, -0.2) is 0 Å². The van der Waals surface area contributed by atoms with Gasteiger partial charge in [-0.3, -0.25) is 0 Å². The Morgan fingerprint density at radius 2 is 0.912 bits per heavy atom. The van der Waals surface area contributed by atoms with Crippen LogP contribution in [0.25, 0.3) is 10.1 Å². The number of fused-ring (bicyclic) bond motifs is 6. The molecule has 2 aliphatic rings. The second-order valence-corrected chi connectivity index (χ2v) is 23.2. The Labute approximate surface area is 348 Å². The lowest BCUT2D eigenvalue weighted by Gasteiger charge is -2.44. The van der Waals surface area contributed by atoms with E-state index in [0.717, 1.165) is 0 Å². The van der Waals surface area contributed by atoms with Crippen molar-refractivity contribution in [3.05, 3.63) is 124 Å². The van der Waals surface area contributed by atoms with E-state index < -0.39 is 0 Å². The molecule has 2 nitrogen and oxygen atoms in total. The van der Waals surface area contributed by atoms with Crippen LogP contribution in [0.2, 0.25) is 0 Å². The number of nitrogens with zero attached hydrogens (tertiary/aromatic N) is 2. The average molecular weight is 771 g/mol. The van der Waals surface area contributed by atoms with Gasteiger partial charge in [-0.2, -0.15) is 0 Å². The smallest absolute Gasteiger partial charge is 0.254 e. The number of anilines is 6. The van der Waals surface area contributed by atoms with E-state index in [4.69, 9.17) is 0 Å². The van der Waals surface area contributed by atoms with Crippen LogP contribution in [0, 0.1) is 6.92 Å². The van der Waals surface area contributed by atoms with E-state index in [2.05, 4.69) is 212 Å². The molecule has 0 unspecified atom stereocenters. The van der Waals surface area contributed by atoms with E-state index in [9.17, 15) is 0 Å². The fourth-order valence-electron chi connectivity index (χ4n) is 8.83. The summed E-state index contributed by atoms with van der Waals surface area (Å²) in [5, 5.41) is 2.70. The minimum Gasteiger partial charge on any atom is -0.311 e. The maximum atomic E-state index is 2.63. The normalized spacial score (nSPS) is 14.6. The van der Waals surface area contributed by atoms with Crippen molar-refractivity contribution in [1.29, 1.82) is 0 Å². The first-order valence-corrected chi connectivity index (χ1v) is 21.9. The molecule has 0 saturated heterocycles. The van der Waals surface area contributed by atoms with E-state index in [1.807, 2.05) is 11.3 Å². The van der Waals surface area contributed by atoms with Gasteiger partial charge in [-0.05, 0) is 138 Å². The average Bonchev–Trinajstić information content (AvgIpc) is 3.47. The Morgan fingerprint density at radius 1 is 0.421 bits per heavy atom. The van der Waals surface area contributed by atoms with Crippen molar-refractivity contribution in [3.63, 3.8) is 0 Å². The first kappa shape index (κ1) is 39.5. The number of benzene rings is 5. The lowest BCUT2D eigenvalue weighted by molar-refractivity contribution is 0.568. The highest BCUT2D eigenvalue weighted by Crippen LogP contribution is 2.50. The molecule has 4 heteroatoms. The van der Waals surface area contributed by atoms with E-state index in [-0.39, 0.29) is 33.8 Å². The molecule has 0 fully saturated rings. The van der Waals surface area contributed by atoms with Crippen molar-refractivity contribution in [3.8, 4) is 0 Å². The molecule has 3 heterocycles. The summed E-state index contributed by atoms with van der Waals surface area (Å²) in [6.45, 7) is 37.4. The van der Waals surface area contributed by atoms with Gasteiger partial charge in [0.2, 0.25) is 0 Å². The Balaban J connectivity index is 1.51. The number of thiophene rings is 1. The zero-order valence-corrected chi connectivity index (χ0v) is 38.4. The topological polar surface area (TPSA) is 6.48 Å². The van der Waals surface area contributed by atoms with Gasteiger partial charge in [-0.15, -0.1) is 11.3 Å². The molecule has 0 amide bonds. The Hall–Kier alpha value is -4.28. The standard InChI is InChI=1S/C53H63BN2S/c1-32-25-43-47-44(26-32)56(38-21-17-33(18-22-38)49(2,3)4)48-46(40-23-19-35(51(8,9)10)31-45(40)57-48)54(47)41-24-20-34(50(5,6)7)30-42(41)55(43)39-28-36(52(11,12)13)27-37(29-39)53(14,15)16/h17-31H,1-16H3. The van der Waals surface area contributed by atoms with E-state index in [1.165, 1.54) is 93.3 Å². The molecule has 5 aromatic carbocycles. The Morgan fingerprint density at radius 3 is 1.46 bits per heavy atom. The van der Waals surface area contributed by atoms with Crippen LogP contribution < -0.4 is 26.2 Å². The van der Waals surface area contributed by atoms with Gasteiger partial charge in [0.05, 0.1) is 5.00 Å². The van der Waals surface area contributed by atoms with Crippen LogP contribution in [0.4, 0.5) is 33.4 Å². The third-order valence-electron chi connectivity index (χ3n) is 12.5. The zero-order valence-electron chi connectivity index (χ0n) is 37.5. The zero-order chi connectivity index (χ0) is 41.4. The van der Waals surface area contributed by atoms with Gasteiger partial charge in [-0.1, -0.05) is 146 Å². The minimum atomic E-state index is -0.0110. The first-order valence-electron chi connectivity index (χ1n) is 21.1. The fourth-order valence-corrected chi connectivity index (χ4v) is 10.1. The van der Waals surface area contributed by atoms with Gasteiger partial charge >= 0.3 is 0 Å². The molecule has 57 heavy (non-hydrogen) atoms. The third kappa shape index (κ3) is 6.74. The van der Waals surface area contributed by atoms with Crippen LogP contribution in [0.15, 0.2) is 91.0 Å². The maximum Gasteiger partial charge on any atom is 0.254 e. The summed E-state index contributed by atoms with van der Waals surface area (Å²) in [5.74, 6) is 0. The molecule has 0 atom stereocenters. The molecule has 0 saturated carbocycles. The molecule has 0 N–H and O–H groups in total. The predicted octanol–water partition coefficient (Wildman–Crippen LogP) is 13.8. The van der Waals surface area contributed by atoms with Crippen molar-refractivity contribution >= 4 is 78.0 Å². The highest BCUT2D eigenvalue weighted by atomic mass is 32.1. The molecule has 0 spiro atoms. The molecule has 0 radical (unpaired) electrons. The van der Waals surface area contributed by atoms with Crippen molar-refractivity contribution in [1.82, 2.24) is 0 Å². The van der Waals surface area contributed by atoms with E-state index in [1.54, 1.807) is 0 Å². The summed E-state index contributed by atoms with van der Waals surface area (Å²) in [6, 6.07) is 36.4. The first-order chi connectivity index (χ1) is 26.3. The van der Waals surface area contributed by atoms with Crippen LogP contribution in [0.3, 0.4) is 0 Å². The molecule has 2 aliphatic heterocycles. The lowest BCUT2D eigenvalue weighted by atomic mass is 9.33. The molecular weight excluding hydrogens is 707 g/mol. The quantitative estimate of drug-likeness (QED) is 0.162. The summed E-state index contributed by atoms with van der Waals surface area (Å²) in [4.78, 5) is 5.24. The van der Waals surface area contributed by atoms with E-state index in [0.29, 0.717) is 0 Å². The third-order valence-corrected chi connectivity index (χ3v) is 13.6. The fraction of sp³-hybridized carbons (Fsp3) is 0.396. The van der Waals surface area contributed by atoms with Crippen LogP contribution in [0.1, 0.15) is 137 Å². The van der Waals surface area contributed by atoms with Gasteiger partial charge in [0.1, 0.15) is 0 Å². The van der Waals surface area contributed by atoms with Crippen molar-refractivity contribution < 1.29 is 0 Å². The van der Waals surface area contributed by atoms with Crippen LogP contribution >= 0.6 is 11.3 Å². The van der Waals surface area contributed by atoms with Crippen molar-refractivity contribution in [2.24, 2.45) is 0 Å². The number of aryl methyl sites for hydroxylation is 1. The maximum absolute atomic E-state index is 2.63. The van der Waals surface area contributed by atoms with Gasteiger partial charge < -0.3 is 9.80 Å². The molecule has 8 rings (SSSR count). The molecule has 0 aliphatic carbocycles. The Kier molecular flexibility index (Phi) is 8.92. The summed E-state index contributed by atoms with van der Waals surface area (Å²) < 4.78 is 1.36. The number of hydrogen-bond acceptors (Lipinski definition) is 3. The van der Waals surface area contributed by atoms with E-state index >= 15 is 0 Å². The second kappa shape index (κ2) is 12.9. The summed E-state index contributed by atoms with van der Waals surface area (Å²) >= 11 is 1.96. The molecule has 0 bridgehead atoms. The predicted molar refractivity (Wildman–Crippen MR) is 254 cm³/mol. The van der Waals surface area contributed by atoms with Gasteiger partial charge in [0.25, 0.3) is 6.71 Å². The Bertz CT molecular complexity index is 2520. The SMILES string of the molecule is Cc1cc2c3c(c1)N(c1ccc(C(C)(C)C)cc1)c1sc4cc(C(C)(C)C)ccc4c1B3c1ccc(C(C)(C)C)cc1N2c1cc(C(C)(C)C)cc(C(C)(C)C)c1. The van der Waals surface area contributed by atoms with Crippen LogP contribution in [-0.4, -0.2) is 6.71 Å². The lowest BCUT2D eigenvalue weighted by Crippen LogP contribution is -2.61. The number of hydrogen-bond donors (Lipinski definition) is 0. The van der Waals surface area contributed by atoms with Gasteiger partial charge in [0.15, 0.2) is 0 Å². The molecule has 294 valence electrons. The second-order valence-electron chi connectivity index (χ2n) is 22.2. The van der Waals surface area contributed by atoms with Gasteiger partial charge in [0, 0.05) is 33.1 Å². The highest BCUT2D eigenvalue weighted by molar-refractivity contribution is 7.26. The monoisotopic (exact) mass is 770 g/mol. The summed E-state index contributed by atoms with van der Waals surface area (Å²) in [7, 11) is 0. The summed E-state index contributed by atoms with van der Waals surface area (Å²) in [6.07, 6.45) is 0. The van der Waals surface area contributed by atoms with Crippen molar-refractivity contribution in [2.75, 3.05) is 9.80 Å².